The summed E-state index contributed by atoms with van der Waals surface area (Å²) < 4.78 is 28.7. The van der Waals surface area contributed by atoms with E-state index in [1.807, 2.05) is 13.2 Å². The second-order valence-electron chi connectivity index (χ2n) is 4.68. The molecule has 0 aliphatic rings. The number of hydrogen-bond acceptors (Lipinski definition) is 4. The van der Waals surface area contributed by atoms with E-state index >= 15 is 0 Å². The molecular weight excluding hydrogens is 330 g/mol. The first-order valence-electron chi connectivity index (χ1n) is 6.53. The second kappa shape index (κ2) is 6.56. The quantitative estimate of drug-likeness (QED) is 0.806. The number of fused-ring (bicyclic) bond motifs is 1. The number of thioether (sulfide) groups is 1. The lowest BCUT2D eigenvalue weighted by atomic mass is 10.3. The molecule has 0 saturated heterocycles. The van der Waals surface area contributed by atoms with Crippen LogP contribution in [-0.4, -0.2) is 47.2 Å². The zero-order valence-electron chi connectivity index (χ0n) is 12.2. The van der Waals surface area contributed by atoms with Crippen molar-refractivity contribution in [1.29, 1.82) is 0 Å². The normalized spacial score (nSPS) is 14.0. The summed E-state index contributed by atoms with van der Waals surface area (Å²) in [6, 6.07) is 5.20. The monoisotopic (exact) mass is 347 g/mol. The van der Waals surface area contributed by atoms with Gasteiger partial charge in [0.05, 0.1) is 0 Å². The molecule has 1 atom stereocenters. The predicted molar refractivity (Wildman–Crippen MR) is 87.6 cm³/mol. The largest absolute Gasteiger partial charge is 0.288 e. The lowest BCUT2D eigenvalue weighted by Gasteiger charge is -2.25. The fourth-order valence-electron chi connectivity index (χ4n) is 2.18. The van der Waals surface area contributed by atoms with Crippen LogP contribution in [0.15, 0.2) is 29.4 Å². The molecule has 116 valence electrons. The highest BCUT2D eigenvalue weighted by Gasteiger charge is 2.32. The number of nitrogens with zero attached hydrogens (tertiary/aromatic N) is 3. The van der Waals surface area contributed by atoms with Crippen LogP contribution in [-0.2, 0) is 10.0 Å². The maximum absolute atomic E-state index is 12.9. The van der Waals surface area contributed by atoms with Crippen molar-refractivity contribution in [3.05, 3.63) is 29.5 Å². The zero-order valence-corrected chi connectivity index (χ0v) is 14.5. The number of halogens is 1. The van der Waals surface area contributed by atoms with E-state index in [1.165, 1.54) is 8.71 Å². The van der Waals surface area contributed by atoms with Crippen molar-refractivity contribution in [2.24, 2.45) is 0 Å². The molecule has 2 aromatic heterocycles. The van der Waals surface area contributed by atoms with Gasteiger partial charge in [-0.25, -0.2) is 13.4 Å². The highest BCUT2D eigenvalue weighted by molar-refractivity contribution is 7.98. The van der Waals surface area contributed by atoms with Gasteiger partial charge >= 0.3 is 0 Å². The number of hydrogen-bond donors (Lipinski definition) is 0. The van der Waals surface area contributed by atoms with Crippen LogP contribution in [0, 0.1) is 0 Å². The minimum Gasteiger partial charge on any atom is -0.288 e. The molecule has 8 heteroatoms. The molecule has 0 bridgehead atoms. The maximum atomic E-state index is 12.9. The lowest BCUT2D eigenvalue weighted by Crippen LogP contribution is -2.38. The second-order valence-corrected chi connectivity index (χ2v) is 7.86. The number of pyridine rings is 1. The molecule has 2 aromatic rings. The predicted octanol–water partition coefficient (Wildman–Crippen LogP) is 2.75. The number of imidazole rings is 1. The van der Waals surface area contributed by atoms with Crippen molar-refractivity contribution in [1.82, 2.24) is 13.7 Å². The highest BCUT2D eigenvalue weighted by atomic mass is 35.5. The first kappa shape index (κ1) is 16.6. The van der Waals surface area contributed by atoms with E-state index in [-0.39, 0.29) is 16.2 Å². The third-order valence-electron chi connectivity index (χ3n) is 3.41. The molecule has 0 aromatic carbocycles. The van der Waals surface area contributed by atoms with Gasteiger partial charge in [-0.2, -0.15) is 16.1 Å². The summed E-state index contributed by atoms with van der Waals surface area (Å²) in [5.74, 6) is 0.737. The van der Waals surface area contributed by atoms with Gasteiger partial charge in [-0.3, -0.25) is 4.40 Å². The Morgan fingerprint density at radius 3 is 2.81 bits per heavy atom. The summed E-state index contributed by atoms with van der Waals surface area (Å²) >= 11 is 7.70. The standard InChI is InChI=1S/C13H18ClN3O2S2/c1-4-10(9-20-3)16(2)21(18,19)13-12(14)15-11-7-5-6-8-17(11)13/h5-8,10H,4,9H2,1-3H3. The van der Waals surface area contributed by atoms with Crippen LogP contribution in [0.2, 0.25) is 5.15 Å². The van der Waals surface area contributed by atoms with E-state index in [1.54, 1.807) is 43.2 Å². The van der Waals surface area contributed by atoms with E-state index in [0.717, 1.165) is 12.2 Å². The van der Waals surface area contributed by atoms with Gasteiger partial charge in [-0.15, -0.1) is 0 Å². The third kappa shape index (κ3) is 3.06. The first-order valence-corrected chi connectivity index (χ1v) is 9.74. The molecule has 21 heavy (non-hydrogen) atoms. The summed E-state index contributed by atoms with van der Waals surface area (Å²) in [5.41, 5.74) is 0.521. The number of aromatic nitrogens is 2. The smallest absolute Gasteiger partial charge is 0.262 e. The summed E-state index contributed by atoms with van der Waals surface area (Å²) in [6.07, 6.45) is 4.36. The van der Waals surface area contributed by atoms with Crippen LogP contribution in [0.1, 0.15) is 13.3 Å². The topological polar surface area (TPSA) is 54.7 Å². The van der Waals surface area contributed by atoms with Crippen molar-refractivity contribution in [2.75, 3.05) is 19.1 Å². The minimum absolute atomic E-state index is 0.00653. The Morgan fingerprint density at radius 2 is 2.19 bits per heavy atom. The van der Waals surface area contributed by atoms with Crippen molar-refractivity contribution in [3.8, 4) is 0 Å². The molecule has 0 spiro atoms. The Morgan fingerprint density at radius 1 is 1.48 bits per heavy atom. The van der Waals surface area contributed by atoms with Gasteiger partial charge in [0.2, 0.25) is 0 Å². The zero-order chi connectivity index (χ0) is 15.6. The van der Waals surface area contributed by atoms with Crippen molar-refractivity contribution in [3.63, 3.8) is 0 Å². The van der Waals surface area contributed by atoms with E-state index in [9.17, 15) is 8.42 Å². The van der Waals surface area contributed by atoms with E-state index < -0.39 is 10.0 Å². The van der Waals surface area contributed by atoms with E-state index in [0.29, 0.717) is 5.65 Å². The van der Waals surface area contributed by atoms with Gasteiger partial charge in [-0.05, 0) is 24.8 Å². The van der Waals surface area contributed by atoms with Gasteiger partial charge in [0, 0.05) is 25.0 Å². The van der Waals surface area contributed by atoms with Crippen LogP contribution < -0.4 is 0 Å². The molecular formula is C13H18ClN3O2S2. The average molecular weight is 348 g/mol. The first-order chi connectivity index (χ1) is 9.93. The van der Waals surface area contributed by atoms with Crippen LogP contribution in [0.3, 0.4) is 0 Å². The van der Waals surface area contributed by atoms with E-state index in [2.05, 4.69) is 4.98 Å². The molecule has 2 rings (SSSR count). The minimum atomic E-state index is -3.70. The molecule has 1 unspecified atom stereocenters. The lowest BCUT2D eigenvalue weighted by molar-refractivity contribution is 0.383. The molecule has 0 radical (unpaired) electrons. The van der Waals surface area contributed by atoms with Crippen LogP contribution >= 0.6 is 23.4 Å². The SMILES string of the molecule is CCC(CSC)N(C)S(=O)(=O)c1c(Cl)nc2ccccn12. The Labute approximate surface area is 134 Å². The molecule has 0 aliphatic carbocycles. The number of rotatable bonds is 6. The molecule has 0 N–H and O–H groups in total. The number of sulfonamides is 1. The molecule has 2 heterocycles. The summed E-state index contributed by atoms with van der Waals surface area (Å²) in [4.78, 5) is 4.11. The molecule has 0 amide bonds. The fraction of sp³-hybridized carbons (Fsp3) is 0.462. The average Bonchev–Trinajstić information content (AvgIpc) is 2.80. The summed E-state index contributed by atoms with van der Waals surface area (Å²) in [7, 11) is -2.10. The van der Waals surface area contributed by atoms with Crippen molar-refractivity contribution >= 4 is 39.0 Å². The van der Waals surface area contributed by atoms with Gasteiger partial charge in [0.15, 0.2) is 10.2 Å². The van der Waals surface area contributed by atoms with Crippen LogP contribution in [0.25, 0.3) is 5.65 Å². The molecule has 5 nitrogen and oxygen atoms in total. The van der Waals surface area contributed by atoms with Crippen molar-refractivity contribution in [2.45, 2.75) is 24.4 Å². The summed E-state index contributed by atoms with van der Waals surface area (Å²) in [5, 5.41) is 0.0360. The van der Waals surface area contributed by atoms with Crippen LogP contribution in [0.5, 0.6) is 0 Å². The van der Waals surface area contributed by atoms with Gasteiger partial charge in [0.1, 0.15) is 5.65 Å². The van der Waals surface area contributed by atoms with E-state index in [4.69, 9.17) is 11.6 Å². The fourth-order valence-corrected chi connectivity index (χ4v) is 5.14. The molecule has 0 aliphatic heterocycles. The van der Waals surface area contributed by atoms with Gasteiger partial charge in [-0.1, -0.05) is 24.6 Å². The Kier molecular flexibility index (Phi) is 5.19. The third-order valence-corrected chi connectivity index (χ3v) is 6.44. The Bertz CT molecular complexity index is 730. The Balaban J connectivity index is 2.53. The van der Waals surface area contributed by atoms with Crippen molar-refractivity contribution < 1.29 is 8.42 Å². The highest BCUT2D eigenvalue weighted by Crippen LogP contribution is 2.27. The summed E-state index contributed by atoms with van der Waals surface area (Å²) in [6.45, 7) is 1.98. The Hall–Kier alpha value is -0.760. The molecule has 0 fully saturated rings. The maximum Gasteiger partial charge on any atom is 0.262 e. The van der Waals surface area contributed by atoms with Crippen LogP contribution in [0.4, 0.5) is 0 Å². The van der Waals surface area contributed by atoms with Gasteiger partial charge < -0.3 is 0 Å². The van der Waals surface area contributed by atoms with Gasteiger partial charge in [0.25, 0.3) is 10.0 Å². The molecule has 0 saturated carbocycles.